The molecular weight excluding hydrogens is 364 g/mol. The first kappa shape index (κ1) is 17.8. The van der Waals surface area contributed by atoms with Crippen LogP contribution < -0.4 is 16.8 Å². The molecule has 2 aliphatic heterocycles. The Labute approximate surface area is 149 Å². The number of nitrogens with zero attached hydrogens (tertiary/aromatic N) is 4. The normalized spacial score (nSPS) is 31.7. The van der Waals surface area contributed by atoms with E-state index >= 15 is 0 Å². The summed E-state index contributed by atoms with van der Waals surface area (Å²) in [4.78, 5) is 22.7. The van der Waals surface area contributed by atoms with Gasteiger partial charge in [0.1, 0.15) is 0 Å². The van der Waals surface area contributed by atoms with Crippen molar-refractivity contribution in [2.45, 2.75) is 24.5 Å². The summed E-state index contributed by atoms with van der Waals surface area (Å²) >= 11 is 0. The maximum atomic E-state index is 10.8. The Hall–Kier alpha value is -1.60. The number of hydrogen-bond donors (Lipinski definition) is 5. The molecule has 4 rings (SSSR count). The van der Waals surface area contributed by atoms with Crippen LogP contribution in [0.5, 0.6) is 0 Å². The first-order valence-corrected chi connectivity index (χ1v) is 10.5. The Kier molecular flexibility index (Phi) is 4.47. The molecule has 2 saturated heterocycles. The summed E-state index contributed by atoms with van der Waals surface area (Å²) in [6.07, 6.45) is -1.84. The van der Waals surface area contributed by atoms with Crippen LogP contribution in [0.2, 0.25) is 0 Å². The van der Waals surface area contributed by atoms with Crippen molar-refractivity contribution in [3.8, 4) is 0 Å². The van der Waals surface area contributed by atoms with Gasteiger partial charge in [-0.05, 0) is 0 Å². The fraction of sp³-hybridized carbons (Fsp3) is 0.583. The number of imidazole rings is 1. The Morgan fingerprint density at radius 3 is 3.04 bits per heavy atom. The molecule has 0 aliphatic carbocycles. The number of fused-ring (bicyclic) bond motifs is 2. The molecule has 4 atom stereocenters. The van der Waals surface area contributed by atoms with E-state index in [1.807, 2.05) is 0 Å². The van der Waals surface area contributed by atoms with Crippen molar-refractivity contribution in [1.29, 1.82) is 0 Å². The number of anilines is 2. The number of nitrogens with one attached hydrogen (secondary N) is 1. The van der Waals surface area contributed by atoms with Crippen molar-refractivity contribution in [3.05, 3.63) is 6.33 Å². The number of hydrogen-bond acceptors (Lipinski definition) is 11. The first-order valence-electron chi connectivity index (χ1n) is 8.21. The fourth-order valence-electron chi connectivity index (χ4n) is 3.21. The summed E-state index contributed by atoms with van der Waals surface area (Å²) in [6, 6.07) is 0. The second kappa shape index (κ2) is 6.53. The van der Waals surface area contributed by atoms with Crippen LogP contribution in [-0.2, 0) is 13.8 Å². The predicted molar refractivity (Wildman–Crippen MR) is 97.1 cm³/mol. The van der Waals surface area contributed by atoms with Crippen LogP contribution in [0.1, 0.15) is 6.23 Å². The molecule has 142 valence electrons. The molecule has 12 nitrogen and oxygen atoms in total. The second-order valence-electron chi connectivity index (χ2n) is 6.30. The van der Waals surface area contributed by atoms with E-state index in [-0.39, 0.29) is 12.4 Å². The minimum atomic E-state index is -3.27. The zero-order valence-electron chi connectivity index (χ0n) is 14.1. The van der Waals surface area contributed by atoms with Crippen LogP contribution in [0, 0.1) is 0 Å². The van der Waals surface area contributed by atoms with Crippen molar-refractivity contribution in [2.24, 2.45) is 5.73 Å². The van der Waals surface area contributed by atoms with Gasteiger partial charge in [-0.3, -0.25) is 0 Å². The summed E-state index contributed by atoms with van der Waals surface area (Å²) in [5.74, 6) is 0.606. The zero-order valence-corrected chi connectivity index (χ0v) is 15.1. The van der Waals surface area contributed by atoms with Crippen molar-refractivity contribution in [3.63, 3.8) is 0 Å². The van der Waals surface area contributed by atoms with Crippen molar-refractivity contribution < 1.29 is 23.8 Å². The van der Waals surface area contributed by atoms with Gasteiger partial charge in [-0.15, -0.1) is 0 Å². The molecule has 0 bridgehead atoms. The van der Waals surface area contributed by atoms with Crippen LogP contribution in [0.25, 0.3) is 11.2 Å². The van der Waals surface area contributed by atoms with Gasteiger partial charge >= 0.3 is 149 Å². The molecule has 2 aromatic heterocycles. The molecule has 4 heterocycles. The summed E-state index contributed by atoms with van der Waals surface area (Å²) in [6.45, 7) is 0.968. The van der Waals surface area contributed by atoms with E-state index in [2.05, 4.69) is 20.3 Å². The molecule has 2 aliphatic rings. The monoisotopic (exact) mass is 385 g/mol. The molecule has 0 spiro atoms. The summed E-state index contributed by atoms with van der Waals surface area (Å²) in [7, 11) is -1.77. The van der Waals surface area contributed by atoms with Crippen molar-refractivity contribution >= 4 is 38.3 Å². The van der Waals surface area contributed by atoms with E-state index in [1.54, 1.807) is 4.57 Å². The maximum absolute atomic E-state index is 10.8. The van der Waals surface area contributed by atoms with Gasteiger partial charge in [0.25, 0.3) is 0 Å². The number of aromatic nitrogens is 4. The Balaban J connectivity index is 1.75. The van der Waals surface area contributed by atoms with E-state index in [4.69, 9.17) is 25.3 Å². The third-order valence-corrected chi connectivity index (χ3v) is 5.78. The topological polar surface area (TPSA) is 176 Å². The van der Waals surface area contributed by atoms with E-state index in [0.29, 0.717) is 30.2 Å². The molecule has 14 heteroatoms. The van der Waals surface area contributed by atoms with Crippen LogP contribution >= 0.6 is 7.82 Å². The number of nitrogen functional groups attached to an aromatic ring is 1. The first-order chi connectivity index (χ1) is 12.4. The number of aliphatic hydroxyl groups is 1. The summed E-state index contributed by atoms with van der Waals surface area (Å²) in [5.41, 5.74) is 12.3. The third-order valence-electron chi connectivity index (χ3n) is 4.37. The van der Waals surface area contributed by atoms with Crippen molar-refractivity contribution in [1.82, 2.24) is 19.5 Å². The number of aliphatic hydroxyl groups excluding tert-OH is 1. The standard InChI is InChI=1S/C12H21BN7O5P/c13-26(22)23-3-5-8(25-26)7(21)11(24-5)20-10-6(9(15)17-4-18-10)19-12(20)16-2-1-14/h4-5,7-8,11,21-22,26H,1-3,13-14H2,(H,16,19)(H2,15,17,18)/t5-,7+,8+,11-/m1/s1. The third kappa shape index (κ3) is 2.91. The van der Waals surface area contributed by atoms with Gasteiger partial charge in [0.15, 0.2) is 0 Å². The average molecular weight is 385 g/mol. The zero-order chi connectivity index (χ0) is 18.5. The SMILES string of the molecule is B[PH]1(O)OC[C@H]2O[C@@H](n3c(NCCN)nc4c(N)ncnc43)[C@@H](O)[C@H]2O1. The molecule has 0 amide bonds. The summed E-state index contributed by atoms with van der Waals surface area (Å²) in [5, 5.41) is 13.9. The number of ether oxygens (including phenoxy) is 1. The van der Waals surface area contributed by atoms with Gasteiger partial charge in [-0.1, -0.05) is 0 Å². The molecular formula is C12H21BN7O5P. The van der Waals surface area contributed by atoms with Gasteiger partial charge < -0.3 is 0 Å². The minimum absolute atomic E-state index is 0.132. The van der Waals surface area contributed by atoms with E-state index in [1.165, 1.54) is 13.9 Å². The number of rotatable bonds is 4. The van der Waals surface area contributed by atoms with Crippen LogP contribution in [0.3, 0.4) is 0 Å². The van der Waals surface area contributed by atoms with E-state index < -0.39 is 32.4 Å². The van der Waals surface area contributed by atoms with Gasteiger partial charge in [-0.25, -0.2) is 0 Å². The molecule has 0 radical (unpaired) electrons. The van der Waals surface area contributed by atoms with E-state index in [9.17, 15) is 10.00 Å². The second-order valence-corrected chi connectivity index (χ2v) is 8.62. The van der Waals surface area contributed by atoms with E-state index in [0.717, 1.165) is 0 Å². The molecule has 2 fully saturated rings. The number of nitrogens with two attached hydrogens (primary N) is 2. The van der Waals surface area contributed by atoms with Gasteiger partial charge in [0.05, 0.1) is 0 Å². The molecule has 0 saturated carbocycles. The van der Waals surface area contributed by atoms with Gasteiger partial charge in [-0.2, -0.15) is 0 Å². The Morgan fingerprint density at radius 2 is 2.27 bits per heavy atom. The van der Waals surface area contributed by atoms with Gasteiger partial charge in [0, 0.05) is 0 Å². The van der Waals surface area contributed by atoms with Gasteiger partial charge in [0.2, 0.25) is 0 Å². The van der Waals surface area contributed by atoms with Crippen molar-refractivity contribution in [2.75, 3.05) is 30.7 Å². The molecule has 0 unspecified atom stereocenters. The van der Waals surface area contributed by atoms with Crippen LogP contribution in [0.15, 0.2) is 6.33 Å². The Morgan fingerprint density at radius 1 is 1.46 bits per heavy atom. The van der Waals surface area contributed by atoms with Crippen LogP contribution in [-0.4, -0.2) is 75.1 Å². The predicted octanol–water partition coefficient (Wildman–Crippen LogP) is -2.51. The van der Waals surface area contributed by atoms with Crippen LogP contribution in [0.4, 0.5) is 11.8 Å². The Bertz CT molecular complexity index is 823. The molecule has 26 heavy (non-hydrogen) atoms. The average Bonchev–Trinajstić information content (AvgIpc) is 3.11. The molecule has 2 aromatic rings. The summed E-state index contributed by atoms with van der Waals surface area (Å²) < 4.78 is 18.4. The quantitative estimate of drug-likeness (QED) is 0.277. The molecule has 7 N–H and O–H groups in total. The fourth-order valence-corrected chi connectivity index (χ4v) is 4.55. The molecule has 0 aromatic carbocycles.